The van der Waals surface area contributed by atoms with E-state index >= 15 is 0 Å². The van der Waals surface area contributed by atoms with Gasteiger partial charge in [-0.15, -0.1) is 0 Å². The van der Waals surface area contributed by atoms with Crippen LogP contribution in [0.1, 0.15) is 27.5 Å². The lowest BCUT2D eigenvalue weighted by atomic mass is 10.2. The minimum absolute atomic E-state index is 0.235. The van der Waals surface area contributed by atoms with E-state index in [2.05, 4.69) is 24.6 Å². The summed E-state index contributed by atoms with van der Waals surface area (Å²) in [5, 5.41) is 4.95. The first-order valence-corrected chi connectivity index (χ1v) is 10.9. The van der Waals surface area contributed by atoms with E-state index in [1.807, 2.05) is 51.0 Å². The summed E-state index contributed by atoms with van der Waals surface area (Å²) in [6.07, 6.45) is 0. The number of hydrogen-bond donors (Lipinski definition) is 1. The van der Waals surface area contributed by atoms with E-state index in [9.17, 15) is 4.79 Å². The Kier molecular flexibility index (Phi) is 5.69. The third-order valence-electron chi connectivity index (χ3n) is 4.45. The van der Waals surface area contributed by atoms with Crippen LogP contribution in [0.25, 0.3) is 11.1 Å². The molecule has 4 aromatic rings. The van der Waals surface area contributed by atoms with Crippen LogP contribution < -0.4 is 10.2 Å². The van der Waals surface area contributed by atoms with Crippen molar-refractivity contribution in [1.82, 2.24) is 19.3 Å². The molecule has 0 saturated heterocycles. The van der Waals surface area contributed by atoms with E-state index in [0.29, 0.717) is 39.2 Å². The molecule has 0 radical (unpaired) electrons. The standard InChI is InChI=1S/C20H20N6O2S2/c1-11-12(2)28-18-15(11)16(22-17(27)13-8-6-5-7-9-13)23-19(24-18)29-10-14-21-20(26(3)4)30-25-14/h5-9H,10H2,1-4H3,(H,22,23,24,27). The molecule has 1 amide bonds. The number of furan rings is 1. The molecule has 0 saturated carbocycles. The number of nitrogens with zero attached hydrogens (tertiary/aromatic N) is 5. The Hall–Kier alpha value is -2.98. The first-order valence-electron chi connectivity index (χ1n) is 9.19. The summed E-state index contributed by atoms with van der Waals surface area (Å²) >= 11 is 2.74. The molecule has 0 bridgehead atoms. The molecule has 3 aromatic heterocycles. The molecular formula is C20H20N6O2S2. The highest BCUT2D eigenvalue weighted by atomic mass is 32.2. The van der Waals surface area contributed by atoms with Gasteiger partial charge in [0, 0.05) is 36.8 Å². The van der Waals surface area contributed by atoms with Crippen LogP contribution >= 0.6 is 23.3 Å². The van der Waals surface area contributed by atoms with Gasteiger partial charge >= 0.3 is 0 Å². The third kappa shape index (κ3) is 4.14. The largest absolute Gasteiger partial charge is 0.443 e. The fourth-order valence-electron chi connectivity index (χ4n) is 2.77. The number of aromatic nitrogens is 4. The summed E-state index contributed by atoms with van der Waals surface area (Å²) < 4.78 is 10.2. The van der Waals surface area contributed by atoms with Gasteiger partial charge in [-0.1, -0.05) is 30.0 Å². The smallest absolute Gasteiger partial charge is 0.256 e. The molecule has 1 N–H and O–H groups in total. The number of carbonyl (C=O) groups is 1. The van der Waals surface area contributed by atoms with E-state index < -0.39 is 0 Å². The van der Waals surface area contributed by atoms with Crippen LogP contribution in [0.3, 0.4) is 0 Å². The maximum absolute atomic E-state index is 12.7. The van der Waals surface area contributed by atoms with Crippen molar-refractivity contribution in [2.75, 3.05) is 24.3 Å². The fraction of sp³-hybridized carbons (Fsp3) is 0.250. The van der Waals surface area contributed by atoms with Gasteiger partial charge in [0.2, 0.25) is 10.8 Å². The van der Waals surface area contributed by atoms with Crippen molar-refractivity contribution in [2.45, 2.75) is 24.8 Å². The van der Waals surface area contributed by atoms with E-state index in [1.54, 1.807) is 12.1 Å². The Bertz CT molecular complexity index is 1200. The summed E-state index contributed by atoms with van der Waals surface area (Å²) in [4.78, 5) is 28.2. The van der Waals surface area contributed by atoms with Crippen molar-refractivity contribution in [1.29, 1.82) is 0 Å². The number of aryl methyl sites for hydroxylation is 2. The monoisotopic (exact) mass is 440 g/mol. The fourth-order valence-corrected chi connectivity index (χ4v) is 4.14. The molecule has 8 nitrogen and oxygen atoms in total. The van der Waals surface area contributed by atoms with Crippen molar-refractivity contribution in [2.24, 2.45) is 0 Å². The van der Waals surface area contributed by atoms with E-state index in [4.69, 9.17) is 4.42 Å². The number of carbonyl (C=O) groups excluding carboxylic acids is 1. The SMILES string of the molecule is Cc1oc2nc(SCc3nsc(N(C)C)n3)nc(NC(=O)c3ccccc3)c2c1C. The zero-order chi connectivity index (χ0) is 21.3. The van der Waals surface area contributed by atoms with Crippen molar-refractivity contribution >= 4 is 51.3 Å². The first kappa shape index (κ1) is 20.3. The second-order valence-corrected chi connectivity index (χ2v) is 8.49. The van der Waals surface area contributed by atoms with Gasteiger partial charge < -0.3 is 14.6 Å². The van der Waals surface area contributed by atoms with Crippen LogP contribution in [-0.4, -0.2) is 39.3 Å². The molecule has 0 spiro atoms. The molecule has 0 aliphatic heterocycles. The highest BCUT2D eigenvalue weighted by Gasteiger charge is 2.19. The maximum Gasteiger partial charge on any atom is 0.256 e. The number of anilines is 2. The lowest BCUT2D eigenvalue weighted by Gasteiger charge is -2.08. The van der Waals surface area contributed by atoms with Crippen LogP contribution in [0.15, 0.2) is 39.9 Å². The minimum Gasteiger partial charge on any atom is -0.443 e. The van der Waals surface area contributed by atoms with E-state index in [0.717, 1.165) is 16.5 Å². The van der Waals surface area contributed by atoms with Crippen molar-refractivity contribution < 1.29 is 9.21 Å². The molecule has 10 heteroatoms. The molecule has 1 aromatic carbocycles. The Morgan fingerprint density at radius 2 is 1.93 bits per heavy atom. The second-order valence-electron chi connectivity index (χ2n) is 6.81. The minimum atomic E-state index is -0.235. The van der Waals surface area contributed by atoms with Gasteiger partial charge in [0.1, 0.15) is 11.6 Å². The third-order valence-corrected chi connectivity index (χ3v) is 6.21. The van der Waals surface area contributed by atoms with Gasteiger partial charge in [-0.25, -0.2) is 9.97 Å². The quantitative estimate of drug-likeness (QED) is 0.350. The highest BCUT2D eigenvalue weighted by molar-refractivity contribution is 7.98. The molecule has 0 atom stereocenters. The number of fused-ring (bicyclic) bond motifs is 1. The number of hydrogen-bond acceptors (Lipinski definition) is 9. The Morgan fingerprint density at radius 1 is 1.17 bits per heavy atom. The van der Waals surface area contributed by atoms with Gasteiger partial charge in [-0.05, 0) is 26.0 Å². The van der Waals surface area contributed by atoms with Crippen LogP contribution in [0.5, 0.6) is 0 Å². The molecular weight excluding hydrogens is 420 g/mol. The summed E-state index contributed by atoms with van der Waals surface area (Å²) in [7, 11) is 3.86. The number of rotatable bonds is 6. The highest BCUT2D eigenvalue weighted by Crippen LogP contribution is 2.32. The number of benzene rings is 1. The Balaban J connectivity index is 1.63. The van der Waals surface area contributed by atoms with Crippen molar-refractivity contribution in [3.05, 3.63) is 53.0 Å². The molecule has 4 rings (SSSR count). The Labute approximate surface area is 181 Å². The molecule has 154 valence electrons. The van der Waals surface area contributed by atoms with Gasteiger partial charge in [0.05, 0.1) is 11.1 Å². The van der Waals surface area contributed by atoms with E-state index in [1.165, 1.54) is 23.3 Å². The van der Waals surface area contributed by atoms with Crippen LogP contribution in [0.4, 0.5) is 10.9 Å². The second kappa shape index (κ2) is 8.41. The molecule has 0 aliphatic carbocycles. The molecule has 0 unspecified atom stereocenters. The molecule has 3 heterocycles. The average molecular weight is 441 g/mol. The maximum atomic E-state index is 12.7. The first-order chi connectivity index (χ1) is 14.4. The van der Waals surface area contributed by atoms with Crippen molar-refractivity contribution in [3.63, 3.8) is 0 Å². The zero-order valence-corrected chi connectivity index (χ0v) is 18.6. The predicted octanol–water partition coefficient (Wildman–Crippen LogP) is 4.30. The number of amides is 1. The van der Waals surface area contributed by atoms with E-state index in [-0.39, 0.29) is 5.91 Å². The van der Waals surface area contributed by atoms with Crippen LogP contribution in [0, 0.1) is 13.8 Å². The van der Waals surface area contributed by atoms with Gasteiger partial charge in [-0.2, -0.15) is 9.36 Å². The van der Waals surface area contributed by atoms with Gasteiger partial charge in [0.15, 0.2) is 11.0 Å². The normalized spacial score (nSPS) is 11.1. The predicted molar refractivity (Wildman–Crippen MR) is 119 cm³/mol. The molecule has 0 aliphatic rings. The lowest BCUT2D eigenvalue weighted by molar-refractivity contribution is 0.102. The van der Waals surface area contributed by atoms with Crippen LogP contribution in [-0.2, 0) is 5.75 Å². The summed E-state index contributed by atoms with van der Waals surface area (Å²) in [6.45, 7) is 3.80. The number of thioether (sulfide) groups is 1. The molecule has 0 fully saturated rings. The Morgan fingerprint density at radius 3 is 2.63 bits per heavy atom. The average Bonchev–Trinajstić information content (AvgIpc) is 3.32. The summed E-state index contributed by atoms with van der Waals surface area (Å²) in [5.74, 6) is 2.17. The summed E-state index contributed by atoms with van der Waals surface area (Å²) in [6, 6.07) is 9.02. The van der Waals surface area contributed by atoms with Gasteiger partial charge in [-0.3, -0.25) is 4.79 Å². The number of nitrogens with one attached hydrogen (secondary N) is 1. The van der Waals surface area contributed by atoms with Gasteiger partial charge in [0.25, 0.3) is 5.91 Å². The topological polar surface area (TPSA) is 97.0 Å². The zero-order valence-electron chi connectivity index (χ0n) is 17.0. The van der Waals surface area contributed by atoms with Crippen molar-refractivity contribution in [3.8, 4) is 0 Å². The molecule has 30 heavy (non-hydrogen) atoms. The lowest BCUT2D eigenvalue weighted by Crippen LogP contribution is -2.13. The summed E-state index contributed by atoms with van der Waals surface area (Å²) in [5.41, 5.74) is 1.91. The van der Waals surface area contributed by atoms with Crippen LogP contribution in [0.2, 0.25) is 0 Å².